The van der Waals surface area contributed by atoms with E-state index in [0.29, 0.717) is 0 Å². The summed E-state index contributed by atoms with van der Waals surface area (Å²) in [5, 5.41) is 2.45. The van der Waals surface area contributed by atoms with Gasteiger partial charge >= 0.3 is 0 Å². The van der Waals surface area contributed by atoms with Crippen LogP contribution in [0.5, 0.6) is 0 Å². The largest absolute Gasteiger partial charge is 0.311 e. The first kappa shape index (κ1) is 50.8. The minimum atomic E-state index is -0.613. The van der Waals surface area contributed by atoms with Crippen LogP contribution in [-0.2, 0) is 10.8 Å². The molecule has 1 aliphatic carbocycles. The molecule has 0 spiro atoms. The molecule has 0 atom stereocenters. The molecule has 87 heavy (non-hydrogen) atoms. The van der Waals surface area contributed by atoms with Crippen LogP contribution in [0.2, 0.25) is 0 Å². The quantitative estimate of drug-likeness (QED) is 0.141. The fourth-order valence-corrected chi connectivity index (χ4v) is 15.0. The Bertz CT molecular complexity index is 4860. The SMILES string of the molecule is CC(C)(C)c1ccc2c(c1)B1c3cc4c(cc3N(c3ccc(-c5ccccc5)cc3)c3cc(-n5c6ccccc6c6ccccc65)cc(c31)N2c1cc(-c2ccccc2)cc(-c2ccccc2)c1)-c1ccccc1C4(c1ccccc1)c1ccccc1. The summed E-state index contributed by atoms with van der Waals surface area (Å²) in [5.41, 5.74) is 29.3. The molecule has 2 aliphatic heterocycles. The van der Waals surface area contributed by atoms with E-state index in [9.17, 15) is 0 Å². The first-order valence-corrected chi connectivity index (χ1v) is 30.5. The summed E-state index contributed by atoms with van der Waals surface area (Å²) in [6.45, 7) is 6.89. The molecule has 4 heteroatoms. The Morgan fingerprint density at radius 2 is 0.782 bits per heavy atom. The van der Waals surface area contributed by atoms with Gasteiger partial charge < -0.3 is 14.4 Å². The van der Waals surface area contributed by atoms with E-state index in [4.69, 9.17) is 0 Å². The van der Waals surface area contributed by atoms with Gasteiger partial charge in [0.25, 0.3) is 6.71 Å². The topological polar surface area (TPSA) is 11.4 Å². The van der Waals surface area contributed by atoms with E-state index in [0.717, 1.165) is 39.6 Å². The number of para-hydroxylation sites is 2. The predicted molar refractivity (Wildman–Crippen MR) is 367 cm³/mol. The highest BCUT2D eigenvalue weighted by atomic mass is 15.2. The van der Waals surface area contributed by atoms with Crippen LogP contribution in [0.1, 0.15) is 48.6 Å². The summed E-state index contributed by atoms with van der Waals surface area (Å²) < 4.78 is 2.52. The highest BCUT2D eigenvalue weighted by Crippen LogP contribution is 2.58. The zero-order chi connectivity index (χ0) is 58.0. The van der Waals surface area contributed by atoms with Crippen LogP contribution in [0.3, 0.4) is 0 Å². The second kappa shape index (κ2) is 19.7. The van der Waals surface area contributed by atoms with Crippen LogP contribution in [0, 0.1) is 0 Å². The summed E-state index contributed by atoms with van der Waals surface area (Å²) in [5.74, 6) is 0. The molecular formula is C83H60BN3. The molecule has 3 aliphatic rings. The number of aromatic nitrogens is 1. The molecule has 0 radical (unpaired) electrons. The van der Waals surface area contributed by atoms with Gasteiger partial charge in [-0.1, -0.05) is 263 Å². The number of hydrogen-bond donors (Lipinski definition) is 0. The maximum Gasteiger partial charge on any atom is 0.252 e. The van der Waals surface area contributed by atoms with E-state index >= 15 is 0 Å². The van der Waals surface area contributed by atoms with Crippen molar-refractivity contribution in [2.24, 2.45) is 0 Å². The lowest BCUT2D eigenvalue weighted by Crippen LogP contribution is -2.61. The Balaban J connectivity index is 1.04. The number of hydrogen-bond acceptors (Lipinski definition) is 2. The molecule has 0 saturated heterocycles. The minimum absolute atomic E-state index is 0.142. The lowest BCUT2D eigenvalue weighted by atomic mass is 9.33. The first-order valence-electron chi connectivity index (χ1n) is 30.5. The van der Waals surface area contributed by atoms with Gasteiger partial charge in [-0.05, 0) is 161 Å². The fraction of sp³-hybridized carbons (Fsp3) is 0.0602. The zero-order valence-electron chi connectivity index (χ0n) is 48.9. The molecule has 3 nitrogen and oxygen atoms in total. The van der Waals surface area contributed by atoms with E-state index in [1.165, 1.54) is 111 Å². The summed E-state index contributed by atoms with van der Waals surface area (Å²) in [7, 11) is 0. The zero-order valence-corrected chi connectivity index (χ0v) is 48.9. The number of fused-ring (bicyclic) bond motifs is 10. The number of nitrogens with zero attached hydrogens (tertiary/aromatic N) is 3. The highest BCUT2D eigenvalue weighted by molar-refractivity contribution is 7.00. The van der Waals surface area contributed by atoms with E-state index in [1.807, 2.05) is 0 Å². The third-order valence-corrected chi connectivity index (χ3v) is 19.0. The lowest BCUT2D eigenvalue weighted by molar-refractivity contribution is 0.591. The summed E-state index contributed by atoms with van der Waals surface area (Å²) in [6, 6.07) is 116. The third-order valence-electron chi connectivity index (χ3n) is 19.0. The molecule has 13 aromatic carbocycles. The smallest absolute Gasteiger partial charge is 0.252 e. The fourth-order valence-electron chi connectivity index (χ4n) is 15.0. The van der Waals surface area contributed by atoms with Gasteiger partial charge in [-0.25, -0.2) is 0 Å². The van der Waals surface area contributed by atoms with E-state index < -0.39 is 5.41 Å². The Hall–Kier alpha value is -10.7. The molecule has 14 aromatic rings. The maximum atomic E-state index is 2.65. The monoisotopic (exact) mass is 1110 g/mol. The molecule has 0 amide bonds. The summed E-state index contributed by atoms with van der Waals surface area (Å²) >= 11 is 0. The molecule has 0 fully saturated rings. The average molecular weight is 1110 g/mol. The molecule has 410 valence electrons. The number of benzene rings is 13. The van der Waals surface area contributed by atoms with Crippen molar-refractivity contribution < 1.29 is 0 Å². The van der Waals surface area contributed by atoms with E-state index in [1.54, 1.807) is 0 Å². The van der Waals surface area contributed by atoms with E-state index in [-0.39, 0.29) is 12.1 Å². The van der Waals surface area contributed by atoms with Crippen molar-refractivity contribution in [2.45, 2.75) is 31.6 Å². The average Bonchev–Trinajstić information content (AvgIpc) is 1.68. The lowest BCUT2D eigenvalue weighted by Gasteiger charge is -2.45. The Morgan fingerprint density at radius 3 is 1.34 bits per heavy atom. The standard InChI is InChI=1S/C83H60BN3/c1-82(2,3)63-43-46-77-73(50-63)84-74-54-72-70(67-35-19-22-38-71(67)83(72,61-31-15-7-16-32-61)62-33-17-8-18-34-62)53-78(74)85(64-44-41-58(42-45-64)55-25-9-4-10-26-55)79-51-66(86-75-39-23-20-36-68(75)69-37-21-24-40-76(69)86)52-80(81(79)84)87(77)65-48-59(56-27-11-5-12-28-56)47-60(49-65)57-29-13-6-14-30-57/h4-54H,1-3H3. The second-order valence-electron chi connectivity index (χ2n) is 24.8. The Morgan fingerprint density at radius 1 is 0.310 bits per heavy atom. The van der Waals surface area contributed by atoms with Gasteiger partial charge in [0.05, 0.1) is 22.1 Å². The van der Waals surface area contributed by atoms with Crippen molar-refractivity contribution >= 4 is 79.0 Å². The third kappa shape index (κ3) is 7.84. The maximum absolute atomic E-state index is 2.65. The molecule has 0 unspecified atom stereocenters. The summed E-state index contributed by atoms with van der Waals surface area (Å²) in [4.78, 5) is 5.24. The molecule has 0 bridgehead atoms. The molecule has 0 saturated carbocycles. The highest BCUT2D eigenvalue weighted by Gasteiger charge is 2.50. The van der Waals surface area contributed by atoms with E-state index in [2.05, 4.69) is 345 Å². The normalized spacial score (nSPS) is 13.5. The minimum Gasteiger partial charge on any atom is -0.311 e. The van der Waals surface area contributed by atoms with Crippen molar-refractivity contribution in [3.8, 4) is 50.2 Å². The Kier molecular flexibility index (Phi) is 11.5. The van der Waals surface area contributed by atoms with Gasteiger partial charge in [0.15, 0.2) is 0 Å². The molecular weight excluding hydrogens is 1050 g/mol. The van der Waals surface area contributed by atoms with Crippen LogP contribution in [0.4, 0.5) is 34.1 Å². The van der Waals surface area contributed by atoms with Gasteiger partial charge in [-0.15, -0.1) is 0 Å². The van der Waals surface area contributed by atoms with Gasteiger partial charge in [0.1, 0.15) is 0 Å². The van der Waals surface area contributed by atoms with Gasteiger partial charge in [0, 0.05) is 44.9 Å². The van der Waals surface area contributed by atoms with Crippen molar-refractivity contribution in [3.05, 3.63) is 337 Å². The van der Waals surface area contributed by atoms with Gasteiger partial charge in [0.2, 0.25) is 0 Å². The molecule has 17 rings (SSSR count). The van der Waals surface area contributed by atoms with Crippen molar-refractivity contribution in [1.29, 1.82) is 0 Å². The molecule has 1 aromatic heterocycles. The first-order chi connectivity index (χ1) is 42.8. The molecule has 3 heterocycles. The Labute approximate surface area is 509 Å². The van der Waals surface area contributed by atoms with Crippen LogP contribution < -0.4 is 26.2 Å². The van der Waals surface area contributed by atoms with Crippen LogP contribution in [0.15, 0.2) is 309 Å². The predicted octanol–water partition coefficient (Wildman–Crippen LogP) is 19.5. The van der Waals surface area contributed by atoms with Crippen molar-refractivity contribution in [1.82, 2.24) is 4.57 Å². The second-order valence-corrected chi connectivity index (χ2v) is 24.8. The van der Waals surface area contributed by atoms with Crippen LogP contribution >= 0.6 is 0 Å². The van der Waals surface area contributed by atoms with Gasteiger partial charge in [-0.3, -0.25) is 0 Å². The van der Waals surface area contributed by atoms with Crippen molar-refractivity contribution in [2.75, 3.05) is 9.80 Å². The number of anilines is 6. The summed E-state index contributed by atoms with van der Waals surface area (Å²) in [6.07, 6.45) is 0. The van der Waals surface area contributed by atoms with Crippen LogP contribution in [-0.4, -0.2) is 11.3 Å². The molecule has 0 N–H and O–H groups in total. The number of rotatable bonds is 8. The van der Waals surface area contributed by atoms with Crippen LogP contribution in [0.25, 0.3) is 72.0 Å². The van der Waals surface area contributed by atoms with Gasteiger partial charge in [-0.2, -0.15) is 0 Å². The van der Waals surface area contributed by atoms with Crippen molar-refractivity contribution in [3.63, 3.8) is 0 Å².